The maximum atomic E-state index is 11.1. The fourth-order valence-corrected chi connectivity index (χ4v) is 4.31. The van der Waals surface area contributed by atoms with Crippen molar-refractivity contribution in [3.05, 3.63) is 0 Å². The summed E-state index contributed by atoms with van der Waals surface area (Å²) in [6, 6.07) is -0.463. The first-order chi connectivity index (χ1) is 7.56. The number of fused-ring (bicyclic) bond motifs is 1. The van der Waals surface area contributed by atoms with Crippen molar-refractivity contribution in [2.45, 2.75) is 30.5 Å². The Morgan fingerprint density at radius 3 is 2.81 bits per heavy atom. The van der Waals surface area contributed by atoms with Crippen LogP contribution in [-0.4, -0.2) is 51.8 Å². The fraction of sp³-hybridized carbons (Fsp3) is 0.889. The summed E-state index contributed by atoms with van der Waals surface area (Å²) in [4.78, 5) is 11.1. The summed E-state index contributed by atoms with van der Waals surface area (Å²) in [5, 5.41) is 30.1. The van der Waals surface area contributed by atoms with Gasteiger partial charge in [0.1, 0.15) is 6.04 Å². The van der Waals surface area contributed by atoms with Crippen LogP contribution in [0.25, 0.3) is 0 Å². The first-order valence-electron chi connectivity index (χ1n) is 5.50. The number of nitrogens with one attached hydrogen (secondary N) is 1. The smallest absolute Gasteiger partial charge is 0.451 e. The van der Waals surface area contributed by atoms with Gasteiger partial charge in [0.2, 0.25) is 0 Å². The van der Waals surface area contributed by atoms with Gasteiger partial charge >= 0.3 is 13.1 Å². The lowest BCUT2D eigenvalue weighted by atomic mass is 9.73. The van der Waals surface area contributed by atoms with E-state index in [4.69, 9.17) is 15.2 Å². The van der Waals surface area contributed by atoms with Crippen molar-refractivity contribution in [3.8, 4) is 0 Å². The summed E-state index contributed by atoms with van der Waals surface area (Å²) in [6.45, 7) is 0.753. The van der Waals surface area contributed by atoms with Crippen molar-refractivity contribution in [2.24, 2.45) is 5.41 Å². The van der Waals surface area contributed by atoms with Crippen LogP contribution in [0.5, 0.6) is 0 Å². The molecule has 0 aromatic heterocycles. The predicted octanol–water partition coefficient (Wildman–Crippen LogP) is -0.602. The summed E-state index contributed by atoms with van der Waals surface area (Å²) in [5.74, 6) is 0.0794. The lowest BCUT2D eigenvalue weighted by molar-refractivity contribution is -0.141. The molecule has 4 N–H and O–H groups in total. The predicted molar refractivity (Wildman–Crippen MR) is 62.3 cm³/mol. The lowest BCUT2D eigenvalue weighted by Crippen LogP contribution is -2.52. The third kappa shape index (κ3) is 1.97. The van der Waals surface area contributed by atoms with E-state index in [1.54, 1.807) is 11.8 Å². The van der Waals surface area contributed by atoms with Crippen LogP contribution >= 0.6 is 11.8 Å². The molecule has 5 nitrogen and oxygen atoms in total. The van der Waals surface area contributed by atoms with E-state index in [2.05, 4.69) is 5.32 Å². The maximum Gasteiger partial charge on any atom is 0.451 e. The molecule has 0 spiro atoms. The molecule has 0 bridgehead atoms. The third-order valence-corrected chi connectivity index (χ3v) is 5.37. The Labute approximate surface area is 98.8 Å². The number of carbonyl (C=O) groups is 1. The molecule has 2 saturated heterocycles. The quantitative estimate of drug-likeness (QED) is 0.483. The topological polar surface area (TPSA) is 89.8 Å². The van der Waals surface area contributed by atoms with E-state index in [0.717, 1.165) is 18.7 Å². The monoisotopic (exact) mass is 245 g/mol. The van der Waals surface area contributed by atoms with Crippen LogP contribution in [0.15, 0.2) is 0 Å². The Morgan fingerprint density at radius 1 is 1.56 bits per heavy atom. The van der Waals surface area contributed by atoms with Crippen molar-refractivity contribution in [2.75, 3.05) is 12.3 Å². The van der Waals surface area contributed by atoms with Gasteiger partial charge < -0.3 is 20.5 Å². The van der Waals surface area contributed by atoms with E-state index >= 15 is 0 Å². The molecular weight excluding hydrogens is 229 g/mol. The number of hydrogen-bond donors (Lipinski definition) is 4. The van der Waals surface area contributed by atoms with E-state index in [1.165, 1.54) is 0 Å². The molecule has 0 aliphatic carbocycles. The summed E-state index contributed by atoms with van der Waals surface area (Å²) in [7, 11) is -1.28. The summed E-state index contributed by atoms with van der Waals surface area (Å²) in [5.41, 5.74) is -0.161. The second-order valence-corrected chi connectivity index (χ2v) is 5.78. The van der Waals surface area contributed by atoms with Crippen LogP contribution in [0.1, 0.15) is 12.8 Å². The molecule has 3 atom stereocenters. The van der Waals surface area contributed by atoms with Gasteiger partial charge in [-0.2, -0.15) is 11.8 Å². The Bertz CT molecular complexity index is 291. The second-order valence-electron chi connectivity index (χ2n) is 4.59. The minimum absolute atomic E-state index is 0.161. The first kappa shape index (κ1) is 12.2. The van der Waals surface area contributed by atoms with E-state index in [-0.39, 0.29) is 5.41 Å². The molecule has 0 saturated carbocycles. The van der Waals surface area contributed by atoms with Crippen LogP contribution in [0.4, 0.5) is 0 Å². The van der Waals surface area contributed by atoms with Crippen molar-refractivity contribution in [1.82, 2.24) is 5.32 Å². The van der Waals surface area contributed by atoms with Crippen LogP contribution in [0, 0.1) is 5.41 Å². The molecule has 0 aromatic carbocycles. The van der Waals surface area contributed by atoms with Crippen LogP contribution in [-0.2, 0) is 4.79 Å². The minimum Gasteiger partial charge on any atom is -0.480 e. The molecule has 0 radical (unpaired) electrons. The summed E-state index contributed by atoms with van der Waals surface area (Å²) >= 11 is 1.80. The fourth-order valence-electron chi connectivity index (χ4n) is 2.70. The highest BCUT2D eigenvalue weighted by atomic mass is 32.2. The van der Waals surface area contributed by atoms with Gasteiger partial charge in [-0.05, 0) is 12.7 Å². The Morgan fingerprint density at radius 2 is 2.31 bits per heavy atom. The van der Waals surface area contributed by atoms with Gasteiger partial charge in [-0.25, -0.2) is 0 Å². The number of thioether (sulfide) groups is 1. The number of aliphatic carboxylic acids is 1. The van der Waals surface area contributed by atoms with Crippen LogP contribution < -0.4 is 5.32 Å². The summed E-state index contributed by atoms with van der Waals surface area (Å²) in [6.07, 6.45) is 1.75. The average Bonchev–Trinajstić information content (AvgIpc) is 2.40. The Hall–Kier alpha value is -0.235. The molecule has 16 heavy (non-hydrogen) atoms. The van der Waals surface area contributed by atoms with Gasteiger partial charge in [-0.3, -0.25) is 4.79 Å². The van der Waals surface area contributed by atoms with Crippen LogP contribution in [0.2, 0.25) is 6.32 Å². The van der Waals surface area contributed by atoms with E-state index in [0.29, 0.717) is 18.0 Å². The second kappa shape index (κ2) is 4.56. The zero-order valence-corrected chi connectivity index (χ0v) is 9.74. The van der Waals surface area contributed by atoms with Crippen LogP contribution in [0.3, 0.4) is 0 Å². The van der Waals surface area contributed by atoms with Gasteiger partial charge in [-0.15, -0.1) is 0 Å². The van der Waals surface area contributed by atoms with E-state index in [1.807, 2.05) is 0 Å². The highest BCUT2D eigenvalue weighted by Crippen LogP contribution is 2.54. The highest BCUT2D eigenvalue weighted by Gasteiger charge is 2.58. The number of hydrogen-bond acceptors (Lipinski definition) is 5. The van der Waals surface area contributed by atoms with Gasteiger partial charge in [0.15, 0.2) is 0 Å². The van der Waals surface area contributed by atoms with Gasteiger partial charge in [0.05, 0.1) is 0 Å². The molecule has 3 unspecified atom stereocenters. The van der Waals surface area contributed by atoms with Crippen molar-refractivity contribution in [3.63, 3.8) is 0 Å². The van der Waals surface area contributed by atoms with E-state index in [9.17, 15) is 4.79 Å². The van der Waals surface area contributed by atoms with Crippen molar-refractivity contribution in [1.29, 1.82) is 0 Å². The van der Waals surface area contributed by atoms with Crippen molar-refractivity contribution >= 4 is 24.8 Å². The molecule has 2 aliphatic heterocycles. The third-order valence-electron chi connectivity index (χ3n) is 3.63. The molecule has 0 aromatic rings. The van der Waals surface area contributed by atoms with E-state index < -0.39 is 19.1 Å². The molecule has 90 valence electrons. The van der Waals surface area contributed by atoms with Gasteiger partial charge in [0, 0.05) is 23.0 Å². The lowest BCUT2D eigenvalue weighted by Gasteiger charge is -2.46. The standard InChI is InChI=1S/C9H16BNO4S/c12-8(13)7-9(2-1-3-10(14)15)5-16-6(9)4-11-7/h6-7,11,14-15H,1-5H2,(H,12,13). The zero-order valence-electron chi connectivity index (χ0n) is 8.93. The molecule has 2 fully saturated rings. The van der Waals surface area contributed by atoms with Gasteiger partial charge in [-0.1, -0.05) is 6.42 Å². The van der Waals surface area contributed by atoms with Crippen molar-refractivity contribution < 1.29 is 19.9 Å². The minimum atomic E-state index is -1.28. The largest absolute Gasteiger partial charge is 0.480 e. The maximum absolute atomic E-state index is 11.1. The number of carboxylic acids is 1. The number of rotatable bonds is 5. The highest BCUT2D eigenvalue weighted by molar-refractivity contribution is 8.01. The Kier molecular flexibility index (Phi) is 3.49. The molecule has 7 heteroatoms. The molecule has 2 heterocycles. The molecular formula is C9H16BNO4S. The molecule has 2 rings (SSSR count). The zero-order chi connectivity index (χ0) is 11.8. The molecule has 2 aliphatic rings. The Balaban J connectivity index is 1.95. The first-order valence-corrected chi connectivity index (χ1v) is 6.55. The summed E-state index contributed by atoms with van der Waals surface area (Å²) < 4.78 is 0. The molecule has 0 amide bonds. The number of carboxylic acid groups (broad SMARTS) is 1. The normalized spacial score (nSPS) is 36.6. The SMILES string of the molecule is O=C(O)C1NCC2SCC21CCCB(O)O. The average molecular weight is 245 g/mol. The van der Waals surface area contributed by atoms with Gasteiger partial charge in [0.25, 0.3) is 0 Å².